The first-order valence-corrected chi connectivity index (χ1v) is 6.92. The van der Waals surface area contributed by atoms with Crippen molar-refractivity contribution in [1.82, 2.24) is 15.5 Å². The van der Waals surface area contributed by atoms with Crippen LogP contribution >= 0.6 is 0 Å². The first kappa shape index (κ1) is 13.3. The summed E-state index contributed by atoms with van der Waals surface area (Å²) < 4.78 is 0. The van der Waals surface area contributed by atoms with Crippen LogP contribution < -0.4 is 10.6 Å². The Hall–Kier alpha value is -1.10. The second kappa shape index (κ2) is 6.18. The van der Waals surface area contributed by atoms with Crippen LogP contribution in [0, 0.1) is 5.92 Å². The van der Waals surface area contributed by atoms with Gasteiger partial charge in [-0.2, -0.15) is 0 Å². The molecule has 2 fully saturated rings. The van der Waals surface area contributed by atoms with Crippen molar-refractivity contribution in [1.29, 1.82) is 0 Å². The molecule has 0 aliphatic carbocycles. The van der Waals surface area contributed by atoms with Gasteiger partial charge >= 0.3 is 0 Å². The number of carbonyl (C=O) groups excluding carboxylic acids is 2. The zero-order valence-electron chi connectivity index (χ0n) is 11.1. The summed E-state index contributed by atoms with van der Waals surface area (Å²) in [6.45, 7) is 4.39. The van der Waals surface area contributed by atoms with Crippen LogP contribution in [-0.4, -0.2) is 48.9 Å². The van der Waals surface area contributed by atoms with Gasteiger partial charge in [0.05, 0.1) is 6.54 Å². The molecular formula is C13H23N3O2. The van der Waals surface area contributed by atoms with Crippen LogP contribution in [-0.2, 0) is 9.59 Å². The van der Waals surface area contributed by atoms with E-state index in [-0.39, 0.29) is 18.4 Å². The molecule has 0 bridgehead atoms. The molecule has 2 heterocycles. The van der Waals surface area contributed by atoms with Crippen molar-refractivity contribution in [3.05, 3.63) is 0 Å². The minimum atomic E-state index is -0.145. The van der Waals surface area contributed by atoms with E-state index in [4.69, 9.17) is 0 Å². The summed E-state index contributed by atoms with van der Waals surface area (Å²) in [5.41, 5.74) is 0. The van der Waals surface area contributed by atoms with Crippen molar-refractivity contribution in [3.63, 3.8) is 0 Å². The molecule has 2 aliphatic heterocycles. The van der Waals surface area contributed by atoms with Crippen molar-refractivity contribution in [2.75, 3.05) is 26.2 Å². The molecule has 0 radical (unpaired) electrons. The first-order valence-electron chi connectivity index (χ1n) is 6.92. The van der Waals surface area contributed by atoms with Crippen LogP contribution in [0.3, 0.4) is 0 Å². The van der Waals surface area contributed by atoms with E-state index in [9.17, 15) is 9.59 Å². The molecule has 2 saturated heterocycles. The van der Waals surface area contributed by atoms with Gasteiger partial charge in [0.1, 0.15) is 0 Å². The lowest BCUT2D eigenvalue weighted by Gasteiger charge is -2.35. The average Bonchev–Trinajstić information content (AvgIpc) is 2.90. The highest BCUT2D eigenvalue weighted by Crippen LogP contribution is 2.25. The van der Waals surface area contributed by atoms with Gasteiger partial charge in [-0.3, -0.25) is 9.59 Å². The number of nitrogens with zero attached hydrogens (tertiary/aromatic N) is 1. The minimum absolute atomic E-state index is 0.0445. The lowest BCUT2D eigenvalue weighted by molar-refractivity contribution is -0.133. The fraction of sp³-hybridized carbons (Fsp3) is 0.846. The molecule has 102 valence electrons. The van der Waals surface area contributed by atoms with Crippen LogP contribution in [0.25, 0.3) is 0 Å². The number of carbonyl (C=O) groups is 2. The summed E-state index contributed by atoms with van der Waals surface area (Å²) in [4.78, 5) is 24.5. The highest BCUT2D eigenvalue weighted by Gasteiger charge is 2.29. The minimum Gasteiger partial charge on any atom is -0.347 e. The number of hydrogen-bond acceptors (Lipinski definition) is 3. The Bertz CT molecular complexity index is 305. The Morgan fingerprint density at radius 3 is 2.56 bits per heavy atom. The molecule has 2 amide bonds. The standard InChI is InChI=1S/C13H23N3O2/c1-10(17)15-9-13(18)16-7-4-11(5-8-16)12-3-2-6-14-12/h11-12,14H,2-9H2,1H3,(H,15,17). The van der Waals surface area contributed by atoms with Crippen molar-refractivity contribution < 1.29 is 9.59 Å². The molecule has 1 atom stereocenters. The second-order valence-electron chi connectivity index (χ2n) is 5.33. The maximum absolute atomic E-state index is 11.8. The number of hydrogen-bond donors (Lipinski definition) is 2. The number of piperidine rings is 1. The molecule has 2 aliphatic rings. The van der Waals surface area contributed by atoms with Crippen LogP contribution in [0.2, 0.25) is 0 Å². The Morgan fingerprint density at radius 2 is 2.00 bits per heavy atom. The predicted octanol–water partition coefficient (Wildman–Crippen LogP) is 0.113. The summed E-state index contributed by atoms with van der Waals surface area (Å²) in [5.74, 6) is 0.619. The normalized spacial score (nSPS) is 25.2. The van der Waals surface area contributed by atoms with Crippen molar-refractivity contribution >= 4 is 11.8 Å². The monoisotopic (exact) mass is 253 g/mol. The van der Waals surface area contributed by atoms with E-state index < -0.39 is 0 Å². The number of likely N-dealkylation sites (tertiary alicyclic amines) is 1. The third-order valence-corrected chi connectivity index (χ3v) is 4.05. The fourth-order valence-corrected chi connectivity index (χ4v) is 2.98. The van der Waals surface area contributed by atoms with Gasteiger partial charge < -0.3 is 15.5 Å². The zero-order chi connectivity index (χ0) is 13.0. The molecule has 0 aromatic rings. The molecule has 18 heavy (non-hydrogen) atoms. The Kier molecular flexibility index (Phi) is 4.58. The van der Waals surface area contributed by atoms with Gasteiger partial charge in [-0.15, -0.1) is 0 Å². The Balaban J connectivity index is 1.72. The van der Waals surface area contributed by atoms with E-state index in [0.717, 1.165) is 38.4 Å². The summed E-state index contributed by atoms with van der Waals surface area (Å²) in [6.07, 6.45) is 4.74. The molecule has 5 heteroatoms. The van der Waals surface area contributed by atoms with Crippen molar-refractivity contribution in [3.8, 4) is 0 Å². The molecule has 1 unspecified atom stereocenters. The highest BCUT2D eigenvalue weighted by atomic mass is 16.2. The fourth-order valence-electron chi connectivity index (χ4n) is 2.98. The van der Waals surface area contributed by atoms with E-state index in [1.807, 2.05) is 4.90 Å². The third-order valence-electron chi connectivity index (χ3n) is 4.05. The van der Waals surface area contributed by atoms with Gasteiger partial charge in [0.25, 0.3) is 0 Å². The topological polar surface area (TPSA) is 61.4 Å². The van der Waals surface area contributed by atoms with Crippen LogP contribution in [0.5, 0.6) is 0 Å². The lowest BCUT2D eigenvalue weighted by Crippen LogP contribution is -2.46. The van der Waals surface area contributed by atoms with Crippen LogP contribution in [0.4, 0.5) is 0 Å². The SMILES string of the molecule is CC(=O)NCC(=O)N1CCC(C2CCCN2)CC1. The zero-order valence-corrected chi connectivity index (χ0v) is 11.1. The number of nitrogens with one attached hydrogen (secondary N) is 2. The second-order valence-corrected chi connectivity index (χ2v) is 5.33. The Morgan fingerprint density at radius 1 is 1.28 bits per heavy atom. The van der Waals surface area contributed by atoms with Gasteiger partial charge in [-0.05, 0) is 38.1 Å². The van der Waals surface area contributed by atoms with E-state index in [1.165, 1.54) is 19.8 Å². The van der Waals surface area contributed by atoms with E-state index >= 15 is 0 Å². The predicted molar refractivity (Wildman–Crippen MR) is 69.0 cm³/mol. The molecule has 2 rings (SSSR count). The van der Waals surface area contributed by atoms with E-state index in [2.05, 4.69) is 10.6 Å². The summed E-state index contributed by atoms with van der Waals surface area (Å²) in [6, 6.07) is 0.664. The molecule has 0 aromatic heterocycles. The largest absolute Gasteiger partial charge is 0.347 e. The van der Waals surface area contributed by atoms with Gasteiger partial charge in [0.2, 0.25) is 11.8 Å². The molecular weight excluding hydrogens is 230 g/mol. The van der Waals surface area contributed by atoms with Gasteiger partial charge in [0, 0.05) is 26.1 Å². The summed E-state index contributed by atoms with van der Waals surface area (Å²) in [5, 5.41) is 6.12. The number of amides is 2. The maximum Gasteiger partial charge on any atom is 0.241 e. The molecule has 0 aromatic carbocycles. The van der Waals surface area contributed by atoms with Gasteiger partial charge in [0.15, 0.2) is 0 Å². The first-order chi connectivity index (χ1) is 8.66. The summed E-state index contributed by atoms with van der Waals surface area (Å²) in [7, 11) is 0. The quantitative estimate of drug-likeness (QED) is 0.750. The lowest BCUT2D eigenvalue weighted by atomic mass is 9.88. The molecule has 5 nitrogen and oxygen atoms in total. The molecule has 2 N–H and O–H groups in total. The van der Waals surface area contributed by atoms with Gasteiger partial charge in [-0.1, -0.05) is 0 Å². The highest BCUT2D eigenvalue weighted by molar-refractivity contribution is 5.83. The van der Waals surface area contributed by atoms with Crippen molar-refractivity contribution in [2.45, 2.75) is 38.6 Å². The molecule has 0 spiro atoms. The van der Waals surface area contributed by atoms with E-state index in [0.29, 0.717) is 6.04 Å². The average molecular weight is 253 g/mol. The smallest absolute Gasteiger partial charge is 0.241 e. The molecule has 0 saturated carbocycles. The van der Waals surface area contributed by atoms with Crippen molar-refractivity contribution in [2.24, 2.45) is 5.92 Å². The number of rotatable bonds is 3. The van der Waals surface area contributed by atoms with Gasteiger partial charge in [-0.25, -0.2) is 0 Å². The third kappa shape index (κ3) is 3.45. The maximum atomic E-state index is 11.8. The van der Waals surface area contributed by atoms with Crippen LogP contribution in [0.1, 0.15) is 32.6 Å². The van der Waals surface area contributed by atoms with E-state index in [1.54, 1.807) is 0 Å². The van der Waals surface area contributed by atoms with Crippen LogP contribution in [0.15, 0.2) is 0 Å². The summed E-state index contributed by atoms with van der Waals surface area (Å²) >= 11 is 0. The Labute approximate surface area is 108 Å².